The number of carbonyl (C=O) groups excluding carboxylic acids is 1. The van der Waals surface area contributed by atoms with Crippen molar-refractivity contribution in [2.24, 2.45) is 0 Å². The van der Waals surface area contributed by atoms with Crippen molar-refractivity contribution >= 4 is 11.9 Å². The highest BCUT2D eigenvalue weighted by atomic mass is 16.7. The number of ether oxygens (including phenoxy) is 2. The largest absolute Gasteiger partial charge is 0.454 e. The van der Waals surface area contributed by atoms with Gasteiger partial charge in [-0.1, -0.05) is 12.2 Å². The maximum absolute atomic E-state index is 11.5. The lowest BCUT2D eigenvalue weighted by molar-refractivity contribution is 0.0994. The highest BCUT2D eigenvalue weighted by Crippen LogP contribution is 2.36. The molecule has 70 valence electrons. The third-order valence-electron chi connectivity index (χ3n) is 2.45. The van der Waals surface area contributed by atoms with Gasteiger partial charge in [0.25, 0.3) is 0 Å². The average molecular weight is 188 g/mol. The molecule has 2 aliphatic rings. The topological polar surface area (TPSA) is 35.5 Å². The zero-order chi connectivity index (χ0) is 9.54. The number of fused-ring (bicyclic) bond motifs is 2. The molecule has 3 nitrogen and oxygen atoms in total. The highest BCUT2D eigenvalue weighted by molar-refractivity contribution is 6.03. The number of ketones is 1. The molecule has 3 heteroatoms. The molecule has 0 amide bonds. The van der Waals surface area contributed by atoms with Gasteiger partial charge in [-0.2, -0.15) is 0 Å². The van der Waals surface area contributed by atoms with Crippen LogP contribution in [0, 0.1) is 0 Å². The van der Waals surface area contributed by atoms with E-state index in [9.17, 15) is 4.79 Å². The van der Waals surface area contributed by atoms with E-state index in [-0.39, 0.29) is 12.6 Å². The summed E-state index contributed by atoms with van der Waals surface area (Å²) in [5.41, 5.74) is 1.65. The Morgan fingerprint density at radius 1 is 1.14 bits per heavy atom. The molecule has 0 unspecified atom stereocenters. The van der Waals surface area contributed by atoms with Crippen molar-refractivity contribution in [1.29, 1.82) is 0 Å². The first-order chi connectivity index (χ1) is 6.84. The Labute approximate surface area is 80.9 Å². The molecule has 0 radical (unpaired) electrons. The first-order valence-corrected chi connectivity index (χ1v) is 4.48. The van der Waals surface area contributed by atoms with Crippen LogP contribution in [0.3, 0.4) is 0 Å². The molecule has 14 heavy (non-hydrogen) atoms. The highest BCUT2D eigenvalue weighted by Gasteiger charge is 2.20. The first kappa shape index (κ1) is 7.62. The summed E-state index contributed by atoms with van der Waals surface area (Å²) < 4.78 is 10.4. The summed E-state index contributed by atoms with van der Waals surface area (Å²) in [7, 11) is 0. The van der Waals surface area contributed by atoms with Crippen LogP contribution in [-0.4, -0.2) is 12.6 Å². The smallest absolute Gasteiger partial charge is 0.231 e. The van der Waals surface area contributed by atoms with Gasteiger partial charge in [-0.25, -0.2) is 0 Å². The monoisotopic (exact) mass is 188 g/mol. The predicted octanol–water partition coefficient (Wildman–Crippen LogP) is 2.01. The Hall–Kier alpha value is -1.77. The van der Waals surface area contributed by atoms with Gasteiger partial charge in [0.05, 0.1) is 0 Å². The zero-order valence-corrected chi connectivity index (χ0v) is 7.45. The molecule has 1 aliphatic carbocycles. The van der Waals surface area contributed by atoms with E-state index >= 15 is 0 Å². The third-order valence-corrected chi connectivity index (χ3v) is 2.45. The second kappa shape index (κ2) is 2.61. The number of benzene rings is 1. The molecule has 0 fully saturated rings. The molecule has 0 bridgehead atoms. The number of hydrogen-bond acceptors (Lipinski definition) is 3. The molecule has 0 saturated carbocycles. The molecule has 1 aromatic carbocycles. The predicted molar refractivity (Wildman–Crippen MR) is 50.5 cm³/mol. The number of allylic oxidation sites excluding steroid dienone is 1. The molecule has 1 heterocycles. The quantitative estimate of drug-likeness (QED) is 0.624. The fraction of sp³-hybridized carbons (Fsp3) is 0.182. The SMILES string of the molecule is O=C1CC=Cc2cc3c(cc21)OCO3. The summed E-state index contributed by atoms with van der Waals surface area (Å²) >= 11 is 0. The van der Waals surface area contributed by atoms with Crippen LogP contribution in [0.2, 0.25) is 0 Å². The number of carbonyl (C=O) groups is 1. The van der Waals surface area contributed by atoms with Crippen molar-refractivity contribution in [3.05, 3.63) is 29.3 Å². The minimum absolute atomic E-state index is 0.140. The molecule has 1 aromatic rings. The molecule has 0 saturated heterocycles. The van der Waals surface area contributed by atoms with Crippen LogP contribution in [-0.2, 0) is 0 Å². The van der Waals surface area contributed by atoms with Crippen LogP contribution in [0.4, 0.5) is 0 Å². The standard InChI is InChI=1S/C11H8O3/c12-9-3-1-2-7-4-10-11(5-8(7)9)14-6-13-10/h1-2,4-5H,3,6H2. The Morgan fingerprint density at radius 2 is 1.93 bits per heavy atom. The summed E-state index contributed by atoms with van der Waals surface area (Å²) in [5, 5.41) is 0. The van der Waals surface area contributed by atoms with Crippen LogP contribution in [0.25, 0.3) is 6.08 Å². The van der Waals surface area contributed by atoms with Gasteiger partial charge in [0, 0.05) is 12.0 Å². The van der Waals surface area contributed by atoms with E-state index in [4.69, 9.17) is 9.47 Å². The van der Waals surface area contributed by atoms with Gasteiger partial charge in [0.15, 0.2) is 17.3 Å². The minimum atomic E-state index is 0.140. The number of rotatable bonds is 0. The summed E-state index contributed by atoms with van der Waals surface area (Å²) in [4.78, 5) is 11.5. The van der Waals surface area contributed by atoms with E-state index in [2.05, 4.69) is 0 Å². The molecule has 0 spiro atoms. The molecule has 3 rings (SSSR count). The van der Waals surface area contributed by atoms with Crippen molar-refractivity contribution < 1.29 is 14.3 Å². The lowest BCUT2D eigenvalue weighted by atomic mass is 9.96. The van der Waals surface area contributed by atoms with Gasteiger partial charge in [0.1, 0.15) is 0 Å². The van der Waals surface area contributed by atoms with Gasteiger partial charge in [0.2, 0.25) is 6.79 Å². The second-order valence-corrected chi connectivity index (χ2v) is 3.32. The van der Waals surface area contributed by atoms with Gasteiger partial charge in [-0.05, 0) is 17.7 Å². The van der Waals surface area contributed by atoms with Gasteiger partial charge in [-0.3, -0.25) is 4.79 Å². The third kappa shape index (κ3) is 0.954. The van der Waals surface area contributed by atoms with E-state index in [1.807, 2.05) is 18.2 Å². The summed E-state index contributed by atoms with van der Waals surface area (Å²) in [6.45, 7) is 0.246. The van der Waals surface area contributed by atoms with E-state index in [1.54, 1.807) is 6.07 Å². The van der Waals surface area contributed by atoms with Crippen LogP contribution < -0.4 is 9.47 Å². The van der Waals surface area contributed by atoms with E-state index in [1.165, 1.54) is 0 Å². The normalized spacial score (nSPS) is 17.0. The van der Waals surface area contributed by atoms with Crippen molar-refractivity contribution in [3.8, 4) is 11.5 Å². The van der Waals surface area contributed by atoms with Crippen molar-refractivity contribution in [2.75, 3.05) is 6.79 Å². The molecular formula is C11H8O3. The van der Waals surface area contributed by atoms with E-state index in [0.29, 0.717) is 12.2 Å². The number of hydrogen-bond donors (Lipinski definition) is 0. The lowest BCUT2D eigenvalue weighted by Gasteiger charge is -2.09. The van der Waals surface area contributed by atoms with E-state index < -0.39 is 0 Å². The Kier molecular flexibility index (Phi) is 1.42. The maximum Gasteiger partial charge on any atom is 0.231 e. The molecular weight excluding hydrogens is 180 g/mol. The van der Waals surface area contributed by atoms with Gasteiger partial charge >= 0.3 is 0 Å². The van der Waals surface area contributed by atoms with Crippen molar-refractivity contribution in [1.82, 2.24) is 0 Å². The van der Waals surface area contributed by atoms with Crippen LogP contribution in [0.15, 0.2) is 18.2 Å². The van der Waals surface area contributed by atoms with Crippen molar-refractivity contribution in [2.45, 2.75) is 6.42 Å². The lowest BCUT2D eigenvalue weighted by Crippen LogP contribution is -2.03. The van der Waals surface area contributed by atoms with Gasteiger partial charge in [-0.15, -0.1) is 0 Å². The van der Waals surface area contributed by atoms with Crippen LogP contribution in [0.1, 0.15) is 22.3 Å². The fourth-order valence-electron chi connectivity index (χ4n) is 1.74. The first-order valence-electron chi connectivity index (χ1n) is 4.48. The Balaban J connectivity index is 2.23. The summed E-state index contributed by atoms with van der Waals surface area (Å²) in [6.07, 6.45) is 4.29. The molecule has 0 aromatic heterocycles. The molecule has 0 atom stereocenters. The van der Waals surface area contributed by atoms with E-state index in [0.717, 1.165) is 16.9 Å². The second-order valence-electron chi connectivity index (χ2n) is 3.32. The average Bonchev–Trinajstić information content (AvgIpc) is 2.62. The van der Waals surface area contributed by atoms with Crippen molar-refractivity contribution in [3.63, 3.8) is 0 Å². The summed E-state index contributed by atoms with van der Waals surface area (Å²) in [5.74, 6) is 1.54. The minimum Gasteiger partial charge on any atom is -0.454 e. The molecule has 1 aliphatic heterocycles. The van der Waals surface area contributed by atoms with Gasteiger partial charge < -0.3 is 9.47 Å². The molecule has 0 N–H and O–H groups in total. The van der Waals surface area contributed by atoms with Crippen LogP contribution >= 0.6 is 0 Å². The maximum atomic E-state index is 11.5. The zero-order valence-electron chi connectivity index (χ0n) is 7.45. The summed E-state index contributed by atoms with van der Waals surface area (Å²) in [6, 6.07) is 3.62. The van der Waals surface area contributed by atoms with Crippen LogP contribution in [0.5, 0.6) is 11.5 Å². The number of Topliss-reactive ketones (excluding diaryl/α,β-unsaturated/α-hetero) is 1. The Morgan fingerprint density at radius 3 is 2.79 bits per heavy atom. The Bertz CT molecular complexity index is 446. The fourth-order valence-corrected chi connectivity index (χ4v) is 1.74.